The lowest BCUT2D eigenvalue weighted by Crippen LogP contribution is -2.47. The van der Waals surface area contributed by atoms with Crippen LogP contribution >= 0.6 is 0 Å². The summed E-state index contributed by atoms with van der Waals surface area (Å²) in [5, 5.41) is 13.6. The molecule has 4 amide bonds. The molecular weight excluding hydrogens is 408 g/mol. The quantitative estimate of drug-likeness (QED) is 0.227. The smallest absolute Gasteiger partial charge is 0.317 e. The van der Waals surface area contributed by atoms with E-state index in [1.165, 1.54) is 12.1 Å². The molecule has 1 atom stereocenters. The molecule has 1 saturated heterocycles. The summed E-state index contributed by atoms with van der Waals surface area (Å²) in [5.41, 5.74) is -0.101. The van der Waals surface area contributed by atoms with Crippen LogP contribution in [0.15, 0.2) is 18.2 Å². The monoisotopic (exact) mass is 432 g/mol. The maximum atomic E-state index is 12.5. The van der Waals surface area contributed by atoms with E-state index in [0.717, 1.165) is 11.0 Å². The summed E-state index contributed by atoms with van der Waals surface area (Å²) in [6.45, 7) is 3.17. The van der Waals surface area contributed by atoms with Crippen LogP contribution in [0.3, 0.4) is 0 Å². The number of benzene rings is 1. The van der Waals surface area contributed by atoms with E-state index in [4.69, 9.17) is 4.74 Å². The van der Waals surface area contributed by atoms with Crippen LogP contribution in [0.2, 0.25) is 0 Å². The Balaban J connectivity index is 1.48. The summed E-state index contributed by atoms with van der Waals surface area (Å²) in [4.78, 5) is 62.0. The number of imide groups is 1. The Kier molecular flexibility index (Phi) is 6.83. The molecule has 1 N–H and O–H groups in total. The first kappa shape index (κ1) is 22.2. The number of rotatable bonds is 7. The second-order valence-corrected chi connectivity index (χ2v) is 7.37. The number of carbonyl (C=O) groups is 4. The largest absolute Gasteiger partial charge is 0.466 e. The molecule has 2 aliphatic heterocycles. The SMILES string of the molecule is CCOC(=O)C1CCCN(C(=O)NCCCN2C(=O)c3ccc([N+](=O)[O-])cc3C2=O)C1. The lowest BCUT2D eigenvalue weighted by molar-refractivity contribution is -0.384. The first-order valence-corrected chi connectivity index (χ1v) is 10.2. The van der Waals surface area contributed by atoms with Crippen molar-refractivity contribution in [1.82, 2.24) is 15.1 Å². The number of likely N-dealkylation sites (tertiary alicyclic amines) is 1. The number of ether oxygens (including phenoxy) is 1. The third kappa shape index (κ3) is 4.81. The van der Waals surface area contributed by atoms with Gasteiger partial charge >= 0.3 is 12.0 Å². The Bertz CT molecular complexity index is 917. The summed E-state index contributed by atoms with van der Waals surface area (Å²) < 4.78 is 5.03. The van der Waals surface area contributed by atoms with Gasteiger partial charge in [0.2, 0.25) is 0 Å². The molecule has 0 bridgehead atoms. The van der Waals surface area contributed by atoms with Crippen LogP contribution in [-0.2, 0) is 9.53 Å². The Hall–Kier alpha value is -3.50. The molecule has 31 heavy (non-hydrogen) atoms. The minimum absolute atomic E-state index is 0.0153. The minimum Gasteiger partial charge on any atom is -0.466 e. The van der Waals surface area contributed by atoms with Gasteiger partial charge in [-0.15, -0.1) is 0 Å². The zero-order valence-electron chi connectivity index (χ0n) is 17.2. The fourth-order valence-electron chi connectivity index (χ4n) is 3.75. The van der Waals surface area contributed by atoms with Crippen molar-refractivity contribution in [3.8, 4) is 0 Å². The number of urea groups is 1. The van der Waals surface area contributed by atoms with E-state index in [0.29, 0.717) is 39.0 Å². The van der Waals surface area contributed by atoms with Crippen LogP contribution in [0.1, 0.15) is 46.9 Å². The number of esters is 1. The van der Waals surface area contributed by atoms with E-state index in [1.807, 2.05) is 0 Å². The average molecular weight is 432 g/mol. The summed E-state index contributed by atoms with van der Waals surface area (Å²) in [6, 6.07) is 3.27. The predicted octanol–water partition coefficient (Wildman–Crippen LogP) is 1.57. The second-order valence-electron chi connectivity index (χ2n) is 7.37. The topological polar surface area (TPSA) is 139 Å². The van der Waals surface area contributed by atoms with Gasteiger partial charge < -0.3 is 15.0 Å². The zero-order valence-corrected chi connectivity index (χ0v) is 17.2. The van der Waals surface area contributed by atoms with Crippen LogP contribution in [0.4, 0.5) is 10.5 Å². The number of amides is 4. The summed E-state index contributed by atoms with van der Waals surface area (Å²) in [5.74, 6) is -1.72. The van der Waals surface area contributed by atoms with Gasteiger partial charge in [0.05, 0.1) is 28.6 Å². The van der Waals surface area contributed by atoms with E-state index in [-0.39, 0.29) is 47.8 Å². The van der Waals surface area contributed by atoms with E-state index >= 15 is 0 Å². The van der Waals surface area contributed by atoms with Gasteiger partial charge in [-0.3, -0.25) is 29.4 Å². The molecule has 1 aromatic carbocycles. The standard InChI is InChI=1S/C20H24N4O7/c1-2-31-19(27)13-5-3-9-22(12-13)20(28)21-8-4-10-23-17(25)15-7-6-14(24(29)30)11-16(15)18(23)26/h6-7,11,13H,2-5,8-10,12H2,1H3,(H,21,28). The fraction of sp³-hybridized carbons (Fsp3) is 0.500. The normalized spacial score (nSPS) is 18.0. The lowest BCUT2D eigenvalue weighted by Gasteiger charge is -2.31. The molecule has 1 unspecified atom stereocenters. The second kappa shape index (κ2) is 9.54. The van der Waals surface area contributed by atoms with E-state index < -0.39 is 16.7 Å². The van der Waals surface area contributed by atoms with Crippen LogP contribution in [0.25, 0.3) is 0 Å². The van der Waals surface area contributed by atoms with Crippen LogP contribution < -0.4 is 5.32 Å². The molecule has 0 saturated carbocycles. The fourth-order valence-corrected chi connectivity index (χ4v) is 3.75. The first-order valence-electron chi connectivity index (χ1n) is 10.2. The van der Waals surface area contributed by atoms with Gasteiger partial charge in [0.15, 0.2) is 0 Å². The highest BCUT2D eigenvalue weighted by atomic mass is 16.6. The molecule has 2 heterocycles. The number of nitrogens with zero attached hydrogens (tertiary/aromatic N) is 3. The third-order valence-electron chi connectivity index (χ3n) is 5.33. The van der Waals surface area contributed by atoms with Crippen molar-refractivity contribution < 1.29 is 28.8 Å². The van der Waals surface area contributed by atoms with Gasteiger partial charge in [0.1, 0.15) is 0 Å². The molecule has 2 aliphatic rings. The number of piperidine rings is 1. The number of nitro benzene ring substituents is 1. The van der Waals surface area contributed by atoms with Crippen molar-refractivity contribution in [3.63, 3.8) is 0 Å². The number of non-ortho nitro benzene ring substituents is 1. The van der Waals surface area contributed by atoms with E-state index in [1.54, 1.807) is 11.8 Å². The molecule has 1 aromatic rings. The summed E-state index contributed by atoms with van der Waals surface area (Å²) in [6.07, 6.45) is 1.72. The molecule has 11 nitrogen and oxygen atoms in total. The number of nitrogens with one attached hydrogen (secondary N) is 1. The molecule has 3 rings (SSSR count). The highest BCUT2D eigenvalue weighted by molar-refractivity contribution is 6.21. The van der Waals surface area contributed by atoms with E-state index in [9.17, 15) is 29.3 Å². The molecule has 0 aromatic heterocycles. The molecule has 166 valence electrons. The van der Waals surface area contributed by atoms with Gasteiger partial charge in [-0.2, -0.15) is 0 Å². The molecule has 1 fully saturated rings. The van der Waals surface area contributed by atoms with Crippen molar-refractivity contribution in [2.24, 2.45) is 5.92 Å². The van der Waals surface area contributed by atoms with Gasteiger partial charge in [-0.05, 0) is 32.3 Å². The van der Waals surface area contributed by atoms with Crippen LogP contribution in [-0.4, -0.2) is 71.3 Å². The van der Waals surface area contributed by atoms with Crippen molar-refractivity contribution in [2.75, 3.05) is 32.8 Å². The lowest BCUT2D eigenvalue weighted by atomic mass is 9.98. The van der Waals surface area contributed by atoms with Crippen molar-refractivity contribution in [2.45, 2.75) is 26.2 Å². The van der Waals surface area contributed by atoms with E-state index in [2.05, 4.69) is 5.32 Å². The Morgan fingerprint density at radius 3 is 2.71 bits per heavy atom. The Labute approximate surface area is 178 Å². The highest BCUT2D eigenvalue weighted by Crippen LogP contribution is 2.26. The molecule has 0 radical (unpaired) electrons. The van der Waals surface area contributed by atoms with Crippen LogP contribution in [0, 0.1) is 16.0 Å². The number of hydrogen-bond acceptors (Lipinski definition) is 7. The van der Waals surface area contributed by atoms with Crippen molar-refractivity contribution >= 4 is 29.5 Å². The van der Waals surface area contributed by atoms with Crippen LogP contribution in [0.5, 0.6) is 0 Å². The molecular formula is C20H24N4O7. The van der Waals surface area contributed by atoms with Crippen molar-refractivity contribution in [1.29, 1.82) is 0 Å². The number of hydrogen-bond donors (Lipinski definition) is 1. The number of fused-ring (bicyclic) bond motifs is 1. The van der Waals surface area contributed by atoms with Gasteiger partial charge in [-0.1, -0.05) is 0 Å². The minimum atomic E-state index is -0.622. The Morgan fingerprint density at radius 1 is 1.26 bits per heavy atom. The third-order valence-corrected chi connectivity index (χ3v) is 5.33. The Morgan fingerprint density at radius 2 is 2.00 bits per heavy atom. The molecule has 0 aliphatic carbocycles. The maximum absolute atomic E-state index is 12.5. The number of nitro groups is 1. The zero-order chi connectivity index (χ0) is 22.5. The maximum Gasteiger partial charge on any atom is 0.317 e. The van der Waals surface area contributed by atoms with Gasteiger partial charge in [0.25, 0.3) is 17.5 Å². The van der Waals surface area contributed by atoms with Gasteiger partial charge in [0, 0.05) is 38.3 Å². The number of carbonyl (C=O) groups excluding carboxylic acids is 4. The highest BCUT2D eigenvalue weighted by Gasteiger charge is 2.36. The first-order chi connectivity index (χ1) is 14.8. The van der Waals surface area contributed by atoms with Gasteiger partial charge in [-0.25, -0.2) is 4.79 Å². The summed E-state index contributed by atoms with van der Waals surface area (Å²) >= 11 is 0. The molecule has 0 spiro atoms. The summed E-state index contributed by atoms with van der Waals surface area (Å²) in [7, 11) is 0. The van der Waals surface area contributed by atoms with Crippen molar-refractivity contribution in [3.05, 3.63) is 39.4 Å². The average Bonchev–Trinajstić information content (AvgIpc) is 3.00. The predicted molar refractivity (Wildman–Crippen MR) is 107 cm³/mol. The molecule has 11 heteroatoms.